The third-order valence-corrected chi connectivity index (χ3v) is 6.09. The Bertz CT molecular complexity index is 1090. The summed E-state index contributed by atoms with van der Waals surface area (Å²) in [5.41, 5.74) is 6.67. The molecule has 32 heavy (non-hydrogen) atoms. The van der Waals surface area contributed by atoms with Gasteiger partial charge in [0.05, 0.1) is 30.2 Å². The fraction of sp³-hybridized carbons (Fsp3) is 0.522. The largest absolute Gasteiger partial charge is 0.370 e. The second-order valence-corrected chi connectivity index (χ2v) is 8.24. The van der Waals surface area contributed by atoms with E-state index in [0.717, 1.165) is 52.9 Å². The smallest absolute Gasteiger partial charge is 0.229 e. The van der Waals surface area contributed by atoms with E-state index in [9.17, 15) is 8.78 Å². The van der Waals surface area contributed by atoms with Gasteiger partial charge in [0.1, 0.15) is 11.6 Å². The molecule has 5 rings (SSSR count). The van der Waals surface area contributed by atoms with Crippen LogP contribution in [0.25, 0.3) is 11.2 Å². The van der Waals surface area contributed by atoms with Gasteiger partial charge in [0.2, 0.25) is 12.9 Å². The van der Waals surface area contributed by atoms with Crippen molar-refractivity contribution in [1.82, 2.24) is 24.9 Å². The van der Waals surface area contributed by atoms with Gasteiger partial charge < -0.3 is 9.64 Å². The first-order chi connectivity index (χ1) is 15.5. The average Bonchev–Trinajstić information content (AvgIpc) is 2.74. The van der Waals surface area contributed by atoms with Gasteiger partial charge >= 0.3 is 0 Å². The van der Waals surface area contributed by atoms with Crippen LogP contribution in [0.15, 0.2) is 18.3 Å². The van der Waals surface area contributed by atoms with E-state index in [-0.39, 0.29) is 6.10 Å². The lowest BCUT2D eigenvalue weighted by Crippen LogP contribution is -2.39. The van der Waals surface area contributed by atoms with Crippen LogP contribution in [0.4, 0.5) is 14.7 Å². The first-order valence-electron chi connectivity index (χ1n) is 10.9. The van der Waals surface area contributed by atoms with Gasteiger partial charge in [-0.3, -0.25) is 4.98 Å². The molecule has 2 fully saturated rings. The topological polar surface area (TPSA) is 76.9 Å². The fourth-order valence-electron chi connectivity index (χ4n) is 4.03. The van der Waals surface area contributed by atoms with Gasteiger partial charge in [-0.25, -0.2) is 23.7 Å². The minimum atomic E-state index is -1.75. The number of morpholine rings is 1. The predicted octanol–water partition coefficient (Wildman–Crippen LogP) is 4.47. The van der Waals surface area contributed by atoms with Crippen molar-refractivity contribution in [3.63, 3.8) is 0 Å². The predicted molar refractivity (Wildman–Crippen MR) is 118 cm³/mol. The van der Waals surface area contributed by atoms with E-state index in [0.29, 0.717) is 18.2 Å². The number of pyridine rings is 1. The molecule has 0 N–H and O–H groups in total. The van der Waals surface area contributed by atoms with Crippen LogP contribution in [0.1, 0.15) is 59.6 Å². The summed E-state index contributed by atoms with van der Waals surface area (Å²) in [5.74, 6) is 1.21. The van der Waals surface area contributed by atoms with E-state index >= 15 is 0 Å². The highest BCUT2D eigenvalue weighted by Crippen LogP contribution is 2.38. The van der Waals surface area contributed by atoms with Crippen molar-refractivity contribution in [3.8, 4) is 0 Å². The molecule has 0 spiro atoms. The van der Waals surface area contributed by atoms with Gasteiger partial charge in [0.15, 0.2) is 5.65 Å². The number of fused-ring (bicyclic) bond motifs is 1. The standard InChI is InChI=1S/C22H26N6O.CH2F2/c1-13-11-17(7-8-23-13)18-12-28(9-10-29-18)22-26-19(16-5-4-6-16)20-21(27-22)25-15(3)14(2)24-20;2-1-3/h7-8,11,16,18H,4-6,9-10,12H2,1-3H3;1H2. The van der Waals surface area contributed by atoms with E-state index in [1.54, 1.807) is 0 Å². The Hall–Kier alpha value is -2.81. The molecule has 170 valence electrons. The number of nitrogens with zero attached hydrogens (tertiary/aromatic N) is 6. The summed E-state index contributed by atoms with van der Waals surface area (Å²) in [6.45, 7) is 6.38. The van der Waals surface area contributed by atoms with Gasteiger partial charge in [-0.05, 0) is 51.3 Å². The zero-order valence-electron chi connectivity index (χ0n) is 18.7. The first kappa shape index (κ1) is 22.4. The number of rotatable bonds is 3. The second kappa shape index (κ2) is 9.77. The molecular weight excluding hydrogens is 414 g/mol. The van der Waals surface area contributed by atoms with Crippen molar-refractivity contribution < 1.29 is 13.5 Å². The van der Waals surface area contributed by atoms with Crippen molar-refractivity contribution in [2.75, 3.05) is 31.5 Å². The van der Waals surface area contributed by atoms with Gasteiger partial charge in [-0.15, -0.1) is 0 Å². The maximum absolute atomic E-state index is 9.62. The molecule has 3 aromatic rings. The molecule has 0 amide bonds. The lowest BCUT2D eigenvalue weighted by molar-refractivity contribution is 0.0391. The second-order valence-electron chi connectivity index (χ2n) is 8.24. The quantitative estimate of drug-likeness (QED) is 0.592. The molecule has 9 heteroatoms. The minimum Gasteiger partial charge on any atom is -0.370 e. The molecule has 1 unspecified atom stereocenters. The Kier molecular flexibility index (Phi) is 6.83. The van der Waals surface area contributed by atoms with Gasteiger partial charge in [0.25, 0.3) is 0 Å². The summed E-state index contributed by atoms with van der Waals surface area (Å²) >= 11 is 0. The van der Waals surface area contributed by atoms with E-state index in [1.807, 2.05) is 33.0 Å². The van der Waals surface area contributed by atoms with Crippen LogP contribution in [0, 0.1) is 20.8 Å². The van der Waals surface area contributed by atoms with Crippen LogP contribution in [0.2, 0.25) is 0 Å². The summed E-state index contributed by atoms with van der Waals surface area (Å²) in [4.78, 5) is 25.9. The molecule has 2 aliphatic rings. The van der Waals surface area contributed by atoms with Gasteiger partial charge in [0, 0.05) is 24.4 Å². The minimum absolute atomic E-state index is 0.0114. The number of aromatic nitrogens is 5. The Morgan fingerprint density at radius 3 is 2.50 bits per heavy atom. The summed E-state index contributed by atoms with van der Waals surface area (Å²) in [6.07, 6.45) is 5.42. The third-order valence-electron chi connectivity index (χ3n) is 6.09. The highest BCUT2D eigenvalue weighted by atomic mass is 19.3. The zero-order chi connectivity index (χ0) is 22.7. The zero-order valence-corrected chi connectivity index (χ0v) is 18.7. The molecule has 0 radical (unpaired) electrons. The Morgan fingerprint density at radius 1 is 1.06 bits per heavy atom. The number of hydrogen-bond acceptors (Lipinski definition) is 7. The molecule has 1 saturated carbocycles. The number of ether oxygens (including phenoxy) is 1. The molecule has 1 aliphatic heterocycles. The van der Waals surface area contributed by atoms with Crippen LogP contribution in [0.5, 0.6) is 0 Å². The molecule has 0 bridgehead atoms. The van der Waals surface area contributed by atoms with E-state index in [2.05, 4.69) is 16.0 Å². The van der Waals surface area contributed by atoms with E-state index < -0.39 is 6.93 Å². The molecule has 7 nitrogen and oxygen atoms in total. The van der Waals surface area contributed by atoms with Crippen molar-refractivity contribution in [2.24, 2.45) is 0 Å². The number of hydrogen-bond donors (Lipinski definition) is 0. The Morgan fingerprint density at radius 2 is 1.81 bits per heavy atom. The van der Waals surface area contributed by atoms with Crippen molar-refractivity contribution in [3.05, 3.63) is 46.7 Å². The monoisotopic (exact) mass is 442 g/mol. The number of alkyl halides is 2. The van der Waals surface area contributed by atoms with Crippen molar-refractivity contribution in [1.29, 1.82) is 0 Å². The number of halogens is 2. The lowest BCUT2D eigenvalue weighted by atomic mass is 9.82. The van der Waals surface area contributed by atoms with Crippen molar-refractivity contribution in [2.45, 2.75) is 52.1 Å². The molecule has 1 atom stereocenters. The molecule has 0 aromatic carbocycles. The Labute approximate surface area is 186 Å². The summed E-state index contributed by atoms with van der Waals surface area (Å²) in [7, 11) is 0. The van der Waals surface area contributed by atoms with Crippen LogP contribution in [0.3, 0.4) is 0 Å². The summed E-state index contributed by atoms with van der Waals surface area (Å²) in [6, 6.07) is 4.12. The summed E-state index contributed by atoms with van der Waals surface area (Å²) < 4.78 is 25.3. The molecule has 1 aliphatic carbocycles. The van der Waals surface area contributed by atoms with Crippen LogP contribution in [-0.4, -0.2) is 51.5 Å². The number of aryl methyl sites for hydroxylation is 3. The average molecular weight is 443 g/mol. The maximum atomic E-state index is 9.62. The van der Waals surface area contributed by atoms with E-state index in [4.69, 9.17) is 24.7 Å². The van der Waals surface area contributed by atoms with Gasteiger partial charge in [-0.1, -0.05) is 6.42 Å². The first-order valence-corrected chi connectivity index (χ1v) is 10.9. The third kappa shape index (κ3) is 4.67. The Balaban J connectivity index is 0.000000775. The summed E-state index contributed by atoms with van der Waals surface area (Å²) in [5, 5.41) is 0. The highest BCUT2D eigenvalue weighted by Gasteiger charge is 2.29. The SMILES string of the molecule is Cc1cc(C2CN(c3nc(C4CCC4)c4nc(C)c(C)nc4n3)CCO2)ccn1.FCF. The molecular formula is C23H28F2N6O. The van der Waals surface area contributed by atoms with Crippen LogP contribution < -0.4 is 4.90 Å². The molecule has 4 heterocycles. The normalized spacial score (nSPS) is 18.8. The van der Waals surface area contributed by atoms with E-state index in [1.165, 1.54) is 19.3 Å². The van der Waals surface area contributed by atoms with Gasteiger partial charge in [-0.2, -0.15) is 4.98 Å². The molecule has 1 saturated heterocycles. The number of anilines is 1. The van der Waals surface area contributed by atoms with Crippen LogP contribution in [-0.2, 0) is 4.74 Å². The van der Waals surface area contributed by atoms with Crippen LogP contribution >= 0.6 is 0 Å². The molecule has 3 aromatic heterocycles. The fourth-order valence-corrected chi connectivity index (χ4v) is 4.03. The highest BCUT2D eigenvalue weighted by molar-refractivity contribution is 5.75. The lowest BCUT2D eigenvalue weighted by Gasteiger charge is -2.34. The maximum Gasteiger partial charge on any atom is 0.229 e. The van der Waals surface area contributed by atoms with Crippen molar-refractivity contribution >= 4 is 17.1 Å².